The highest BCUT2D eigenvalue weighted by atomic mass is 32.2. The molecule has 0 fully saturated rings. The van der Waals surface area contributed by atoms with E-state index in [2.05, 4.69) is 0 Å². The molecule has 0 atom stereocenters. The van der Waals surface area contributed by atoms with Gasteiger partial charge in [-0.1, -0.05) is 30.3 Å². The zero-order valence-electron chi connectivity index (χ0n) is 7.56. The summed E-state index contributed by atoms with van der Waals surface area (Å²) >= 11 is 1.38. The Morgan fingerprint density at radius 1 is 1.21 bits per heavy atom. The van der Waals surface area contributed by atoms with Gasteiger partial charge in [-0.3, -0.25) is 4.31 Å². The van der Waals surface area contributed by atoms with Crippen molar-refractivity contribution in [3.8, 4) is 0 Å². The van der Waals surface area contributed by atoms with E-state index in [4.69, 9.17) is 0 Å². The molecule has 0 aromatic heterocycles. The van der Waals surface area contributed by atoms with Crippen molar-refractivity contribution in [3.05, 3.63) is 59.4 Å². The Morgan fingerprint density at radius 3 is 2.71 bits per heavy atom. The van der Waals surface area contributed by atoms with Crippen LogP contribution in [0.25, 0.3) is 0 Å². The lowest BCUT2D eigenvalue weighted by Gasteiger charge is -2.20. The van der Waals surface area contributed by atoms with Gasteiger partial charge in [0.25, 0.3) is 0 Å². The van der Waals surface area contributed by atoms with Crippen LogP contribution < -0.4 is 0 Å². The molecule has 3 heteroatoms. The monoisotopic (exact) mass is 207 g/mol. The van der Waals surface area contributed by atoms with Gasteiger partial charge in [0.05, 0.1) is 6.54 Å². The second-order valence-corrected chi connectivity index (χ2v) is 3.87. The molecule has 1 heterocycles. The molecule has 0 spiro atoms. The molecule has 0 saturated heterocycles. The van der Waals surface area contributed by atoms with Crippen LogP contribution in [0.2, 0.25) is 0 Å². The first-order chi connectivity index (χ1) is 6.86. The number of allylic oxidation sites excluding steroid dienone is 2. The summed E-state index contributed by atoms with van der Waals surface area (Å²) in [5, 5.41) is 1.87. The molecule has 2 rings (SSSR count). The zero-order valence-corrected chi connectivity index (χ0v) is 8.38. The summed E-state index contributed by atoms with van der Waals surface area (Å²) in [5.41, 5.74) is 1.11. The fraction of sp³-hybridized carbons (Fsp3) is 0.0909. The maximum Gasteiger partial charge on any atom is 0.200 e. The van der Waals surface area contributed by atoms with Gasteiger partial charge in [0.2, 0.25) is 0 Å². The lowest BCUT2D eigenvalue weighted by atomic mass is 10.2. The summed E-state index contributed by atoms with van der Waals surface area (Å²) < 4.78 is 14.9. The number of benzene rings is 1. The van der Waals surface area contributed by atoms with E-state index in [9.17, 15) is 4.39 Å². The number of rotatable bonds is 2. The molecule has 0 bridgehead atoms. The van der Waals surface area contributed by atoms with Crippen LogP contribution >= 0.6 is 11.9 Å². The highest BCUT2D eigenvalue weighted by Gasteiger charge is 2.10. The molecule has 0 saturated carbocycles. The number of halogens is 1. The second kappa shape index (κ2) is 4.33. The van der Waals surface area contributed by atoms with Gasteiger partial charge >= 0.3 is 0 Å². The Hall–Kier alpha value is -1.22. The van der Waals surface area contributed by atoms with Gasteiger partial charge in [-0.05, 0) is 35.1 Å². The summed E-state index contributed by atoms with van der Waals surface area (Å²) in [6, 6.07) is 9.86. The van der Waals surface area contributed by atoms with Gasteiger partial charge in [-0.15, -0.1) is 0 Å². The lowest BCUT2D eigenvalue weighted by molar-refractivity contribution is 0.417. The quantitative estimate of drug-likeness (QED) is 0.539. The van der Waals surface area contributed by atoms with Crippen molar-refractivity contribution in [1.29, 1.82) is 0 Å². The molecule has 1 aromatic rings. The Labute approximate surface area is 87.1 Å². The van der Waals surface area contributed by atoms with Gasteiger partial charge in [-0.25, -0.2) is 0 Å². The highest BCUT2D eigenvalue weighted by Crippen LogP contribution is 2.26. The van der Waals surface area contributed by atoms with Crippen LogP contribution in [-0.2, 0) is 6.54 Å². The Kier molecular flexibility index (Phi) is 2.89. The summed E-state index contributed by atoms with van der Waals surface area (Å²) in [7, 11) is 0. The predicted octanol–water partition coefficient (Wildman–Crippen LogP) is 3.48. The summed E-state index contributed by atoms with van der Waals surface area (Å²) in [6.07, 6.45) is 3.18. The minimum absolute atomic E-state index is 0.193. The molecule has 72 valence electrons. The molecule has 14 heavy (non-hydrogen) atoms. The Bertz CT molecular complexity index is 359. The van der Waals surface area contributed by atoms with E-state index in [1.54, 1.807) is 10.4 Å². The van der Waals surface area contributed by atoms with E-state index in [0.717, 1.165) is 5.56 Å². The third-order valence-corrected chi connectivity index (χ3v) is 2.74. The average Bonchev–Trinajstić information content (AvgIpc) is 2.23. The van der Waals surface area contributed by atoms with Gasteiger partial charge in [-0.2, -0.15) is 4.39 Å². The first-order valence-electron chi connectivity index (χ1n) is 4.37. The van der Waals surface area contributed by atoms with Crippen LogP contribution in [0.3, 0.4) is 0 Å². The SMILES string of the molecule is FC1=CC=CSN1Cc1ccccc1. The Balaban J connectivity index is 2.05. The smallest absolute Gasteiger partial charge is 0.200 e. The number of hydrogen-bond donors (Lipinski definition) is 0. The summed E-state index contributed by atoms with van der Waals surface area (Å²) in [4.78, 5) is 0. The molecule has 1 aromatic carbocycles. The van der Waals surface area contributed by atoms with Crippen LogP contribution in [0.15, 0.2) is 53.8 Å². The summed E-state index contributed by atoms with van der Waals surface area (Å²) in [5.74, 6) is -0.193. The van der Waals surface area contributed by atoms with Crippen molar-refractivity contribution in [2.24, 2.45) is 0 Å². The third kappa shape index (κ3) is 2.17. The predicted molar refractivity (Wildman–Crippen MR) is 57.9 cm³/mol. The first kappa shape index (κ1) is 9.34. The second-order valence-electron chi connectivity index (χ2n) is 2.95. The molecule has 1 aliphatic heterocycles. The molecule has 0 unspecified atom stereocenters. The van der Waals surface area contributed by atoms with Gasteiger partial charge < -0.3 is 0 Å². The molecule has 0 aliphatic carbocycles. The topological polar surface area (TPSA) is 3.24 Å². The van der Waals surface area contributed by atoms with Gasteiger partial charge in [0.15, 0.2) is 5.95 Å². The van der Waals surface area contributed by atoms with Crippen LogP contribution in [0.4, 0.5) is 4.39 Å². The molecule has 1 nitrogen and oxygen atoms in total. The van der Waals surface area contributed by atoms with E-state index < -0.39 is 0 Å². The van der Waals surface area contributed by atoms with Crippen molar-refractivity contribution in [1.82, 2.24) is 4.31 Å². The highest BCUT2D eigenvalue weighted by molar-refractivity contribution is 8.00. The van der Waals surface area contributed by atoms with Crippen molar-refractivity contribution in [2.75, 3.05) is 0 Å². The standard InChI is InChI=1S/C11H10FNS/c12-11-7-4-8-14-13(11)9-10-5-2-1-3-6-10/h1-8H,9H2. The van der Waals surface area contributed by atoms with E-state index in [-0.39, 0.29) is 5.95 Å². The first-order valence-corrected chi connectivity index (χ1v) is 5.20. The average molecular weight is 207 g/mol. The van der Waals surface area contributed by atoms with Gasteiger partial charge in [0.1, 0.15) is 0 Å². The van der Waals surface area contributed by atoms with Crippen LogP contribution in [-0.4, -0.2) is 4.31 Å². The summed E-state index contributed by atoms with van der Waals surface area (Å²) in [6.45, 7) is 0.595. The van der Waals surface area contributed by atoms with E-state index >= 15 is 0 Å². The van der Waals surface area contributed by atoms with Crippen molar-refractivity contribution >= 4 is 11.9 Å². The molecule has 0 radical (unpaired) electrons. The minimum Gasteiger partial charge on any atom is -0.284 e. The fourth-order valence-corrected chi connectivity index (χ4v) is 1.90. The van der Waals surface area contributed by atoms with Crippen LogP contribution in [0, 0.1) is 0 Å². The molecule has 0 amide bonds. The molecular formula is C11H10FNS. The van der Waals surface area contributed by atoms with E-state index in [1.165, 1.54) is 18.0 Å². The maximum absolute atomic E-state index is 13.2. The molecule has 0 N–H and O–H groups in total. The lowest BCUT2D eigenvalue weighted by Crippen LogP contribution is -2.12. The molecular weight excluding hydrogens is 197 g/mol. The van der Waals surface area contributed by atoms with Crippen molar-refractivity contribution < 1.29 is 4.39 Å². The van der Waals surface area contributed by atoms with Gasteiger partial charge in [0, 0.05) is 0 Å². The van der Waals surface area contributed by atoms with E-state index in [0.29, 0.717) is 6.54 Å². The largest absolute Gasteiger partial charge is 0.284 e. The Morgan fingerprint density at radius 2 is 2.00 bits per heavy atom. The van der Waals surface area contributed by atoms with Crippen LogP contribution in [0.5, 0.6) is 0 Å². The zero-order chi connectivity index (χ0) is 9.80. The number of hydrogen-bond acceptors (Lipinski definition) is 2. The third-order valence-electron chi connectivity index (χ3n) is 1.91. The maximum atomic E-state index is 13.2. The van der Waals surface area contributed by atoms with Crippen molar-refractivity contribution in [3.63, 3.8) is 0 Å². The fourth-order valence-electron chi connectivity index (χ4n) is 1.22. The minimum atomic E-state index is -0.193. The number of nitrogens with zero attached hydrogens (tertiary/aromatic N) is 1. The normalized spacial score (nSPS) is 15.5. The van der Waals surface area contributed by atoms with E-state index in [1.807, 2.05) is 35.7 Å². The van der Waals surface area contributed by atoms with Crippen LogP contribution in [0.1, 0.15) is 5.56 Å². The van der Waals surface area contributed by atoms with Crippen molar-refractivity contribution in [2.45, 2.75) is 6.54 Å². The molecule has 1 aliphatic rings.